The molecular formula is C17H20N2O3. The first-order chi connectivity index (χ1) is 10.7. The molecule has 22 heavy (non-hydrogen) atoms. The molecule has 0 amide bonds. The Labute approximate surface area is 130 Å². The maximum absolute atomic E-state index is 11.6. The number of ether oxygens (including phenoxy) is 1. The van der Waals surface area contributed by atoms with E-state index in [0.717, 1.165) is 12.1 Å². The van der Waals surface area contributed by atoms with E-state index in [-0.39, 0.29) is 5.97 Å². The maximum Gasteiger partial charge on any atom is 0.338 e. The van der Waals surface area contributed by atoms with Crippen LogP contribution in [0, 0.1) is 0 Å². The number of amidine groups is 1. The minimum atomic E-state index is -0.319. The lowest BCUT2D eigenvalue weighted by Crippen LogP contribution is -2.14. The summed E-state index contributed by atoms with van der Waals surface area (Å²) in [5, 5.41) is 3.22. The third-order valence-corrected chi connectivity index (χ3v) is 2.91. The zero-order chi connectivity index (χ0) is 15.8. The number of carbonyl (C=O) groups is 1. The molecule has 0 unspecified atom stereocenters. The topological polar surface area (TPSA) is 63.8 Å². The molecule has 0 aliphatic rings. The van der Waals surface area contributed by atoms with Gasteiger partial charge in [-0.15, -0.1) is 0 Å². The summed E-state index contributed by atoms with van der Waals surface area (Å²) >= 11 is 0. The van der Waals surface area contributed by atoms with Gasteiger partial charge in [-0.3, -0.25) is 4.99 Å². The molecule has 0 atom stereocenters. The second kappa shape index (κ2) is 8.02. The molecule has 0 bridgehead atoms. The van der Waals surface area contributed by atoms with Gasteiger partial charge in [-0.05, 0) is 49.7 Å². The van der Waals surface area contributed by atoms with Crippen LogP contribution < -0.4 is 5.32 Å². The monoisotopic (exact) mass is 300 g/mol. The van der Waals surface area contributed by atoms with Gasteiger partial charge in [-0.1, -0.05) is 6.92 Å². The molecule has 0 saturated heterocycles. The molecule has 1 N–H and O–H groups in total. The molecule has 2 rings (SSSR count). The molecule has 0 fully saturated rings. The number of aliphatic imine (C=N–C) groups is 1. The highest BCUT2D eigenvalue weighted by Crippen LogP contribution is 2.13. The predicted molar refractivity (Wildman–Crippen MR) is 86.4 cm³/mol. The maximum atomic E-state index is 11.6. The van der Waals surface area contributed by atoms with Crippen molar-refractivity contribution in [2.45, 2.75) is 20.3 Å². The summed E-state index contributed by atoms with van der Waals surface area (Å²) in [5.74, 6) is 1.04. The molecule has 1 aromatic heterocycles. The highest BCUT2D eigenvalue weighted by Gasteiger charge is 2.09. The number of benzene rings is 1. The number of rotatable bonds is 6. The molecule has 116 valence electrons. The summed E-state index contributed by atoms with van der Waals surface area (Å²) in [6, 6.07) is 10.8. The van der Waals surface area contributed by atoms with E-state index in [1.165, 1.54) is 0 Å². The van der Waals surface area contributed by atoms with Crippen molar-refractivity contribution in [1.29, 1.82) is 0 Å². The third-order valence-electron chi connectivity index (χ3n) is 2.91. The van der Waals surface area contributed by atoms with Crippen LogP contribution in [0.2, 0.25) is 0 Å². The molecule has 5 heteroatoms. The van der Waals surface area contributed by atoms with Gasteiger partial charge < -0.3 is 14.5 Å². The molecule has 1 aromatic carbocycles. The molecule has 1 heterocycles. The number of hydrogen-bond donors (Lipinski definition) is 1. The Morgan fingerprint density at radius 3 is 2.59 bits per heavy atom. The first kappa shape index (κ1) is 15.8. The van der Waals surface area contributed by atoms with Gasteiger partial charge in [0.1, 0.15) is 0 Å². The summed E-state index contributed by atoms with van der Waals surface area (Å²) < 4.78 is 10.4. The highest BCUT2D eigenvalue weighted by atomic mass is 16.5. The number of carbonyl (C=O) groups excluding carboxylic acids is 1. The van der Waals surface area contributed by atoms with E-state index in [0.29, 0.717) is 30.3 Å². The molecule has 0 aliphatic carbocycles. The Bertz CT molecular complexity index is 616. The van der Waals surface area contributed by atoms with Gasteiger partial charge in [-0.2, -0.15) is 0 Å². The molecule has 5 nitrogen and oxygen atoms in total. The SMILES string of the molecule is CCCN=C(Nc1ccc(C(=O)OCC)cc1)c1ccco1. The van der Waals surface area contributed by atoms with Gasteiger partial charge in [0.15, 0.2) is 11.6 Å². The van der Waals surface area contributed by atoms with E-state index in [9.17, 15) is 4.79 Å². The lowest BCUT2D eigenvalue weighted by atomic mass is 10.2. The smallest absolute Gasteiger partial charge is 0.338 e. The summed E-state index contributed by atoms with van der Waals surface area (Å²) in [5.41, 5.74) is 1.36. The van der Waals surface area contributed by atoms with E-state index in [1.54, 1.807) is 25.3 Å². The van der Waals surface area contributed by atoms with Crippen LogP contribution in [-0.2, 0) is 4.74 Å². The fraction of sp³-hybridized carbons (Fsp3) is 0.294. The number of nitrogens with zero attached hydrogens (tertiary/aromatic N) is 1. The average molecular weight is 300 g/mol. The lowest BCUT2D eigenvalue weighted by Gasteiger charge is -2.09. The Kier molecular flexibility index (Phi) is 5.77. The van der Waals surface area contributed by atoms with E-state index < -0.39 is 0 Å². The van der Waals surface area contributed by atoms with Crippen LogP contribution in [0.3, 0.4) is 0 Å². The van der Waals surface area contributed by atoms with Crippen LogP contribution in [0.1, 0.15) is 36.4 Å². The van der Waals surface area contributed by atoms with Crippen molar-refractivity contribution < 1.29 is 13.9 Å². The molecule has 0 radical (unpaired) electrons. The number of nitrogens with one attached hydrogen (secondary N) is 1. The van der Waals surface area contributed by atoms with Crippen molar-refractivity contribution in [2.24, 2.45) is 4.99 Å². The van der Waals surface area contributed by atoms with Gasteiger partial charge in [0.25, 0.3) is 0 Å². The van der Waals surface area contributed by atoms with Crippen LogP contribution in [0.15, 0.2) is 52.1 Å². The summed E-state index contributed by atoms with van der Waals surface area (Å²) in [7, 11) is 0. The third kappa shape index (κ3) is 4.22. The molecular weight excluding hydrogens is 280 g/mol. The van der Waals surface area contributed by atoms with E-state index >= 15 is 0 Å². The number of esters is 1. The van der Waals surface area contributed by atoms with Gasteiger partial charge in [-0.25, -0.2) is 4.79 Å². The molecule has 2 aromatic rings. The van der Waals surface area contributed by atoms with Crippen molar-refractivity contribution in [3.63, 3.8) is 0 Å². The second-order valence-electron chi connectivity index (χ2n) is 4.63. The van der Waals surface area contributed by atoms with Crippen molar-refractivity contribution >= 4 is 17.5 Å². The zero-order valence-corrected chi connectivity index (χ0v) is 12.8. The van der Waals surface area contributed by atoms with Crippen molar-refractivity contribution in [3.05, 3.63) is 54.0 Å². The minimum Gasteiger partial charge on any atom is -0.462 e. The van der Waals surface area contributed by atoms with Crippen LogP contribution >= 0.6 is 0 Å². The lowest BCUT2D eigenvalue weighted by molar-refractivity contribution is 0.0526. The first-order valence-electron chi connectivity index (χ1n) is 7.37. The minimum absolute atomic E-state index is 0.319. The Hall–Kier alpha value is -2.56. The molecule has 0 spiro atoms. The Morgan fingerprint density at radius 2 is 2.00 bits per heavy atom. The zero-order valence-electron chi connectivity index (χ0n) is 12.8. The summed E-state index contributed by atoms with van der Waals surface area (Å²) in [4.78, 5) is 16.1. The molecule has 0 aliphatic heterocycles. The van der Waals surface area contributed by atoms with Gasteiger partial charge in [0.05, 0.1) is 18.4 Å². The van der Waals surface area contributed by atoms with Crippen LogP contribution in [-0.4, -0.2) is 25.0 Å². The van der Waals surface area contributed by atoms with E-state index in [1.807, 2.05) is 24.3 Å². The van der Waals surface area contributed by atoms with E-state index in [2.05, 4.69) is 17.2 Å². The number of hydrogen-bond acceptors (Lipinski definition) is 4. The average Bonchev–Trinajstić information content (AvgIpc) is 3.06. The molecule has 0 saturated carbocycles. The van der Waals surface area contributed by atoms with Gasteiger partial charge in [0, 0.05) is 12.2 Å². The fourth-order valence-corrected chi connectivity index (χ4v) is 1.86. The standard InChI is InChI=1S/C17H20N2O3/c1-3-11-18-16(15-6-5-12-22-15)19-14-9-7-13(8-10-14)17(20)21-4-2/h5-10,12H,3-4,11H2,1-2H3,(H,18,19). The largest absolute Gasteiger partial charge is 0.462 e. The van der Waals surface area contributed by atoms with Crippen LogP contribution in [0.25, 0.3) is 0 Å². The van der Waals surface area contributed by atoms with Crippen LogP contribution in [0.5, 0.6) is 0 Å². The van der Waals surface area contributed by atoms with Gasteiger partial charge >= 0.3 is 5.97 Å². The number of anilines is 1. The normalized spacial score (nSPS) is 11.3. The van der Waals surface area contributed by atoms with Crippen LogP contribution in [0.4, 0.5) is 5.69 Å². The predicted octanol–water partition coefficient (Wildman–Crippen LogP) is 3.73. The summed E-state index contributed by atoms with van der Waals surface area (Å²) in [6.45, 7) is 4.93. The fourth-order valence-electron chi connectivity index (χ4n) is 1.86. The highest BCUT2D eigenvalue weighted by molar-refractivity contribution is 6.06. The summed E-state index contributed by atoms with van der Waals surface area (Å²) in [6.07, 6.45) is 2.57. The van der Waals surface area contributed by atoms with Crippen molar-refractivity contribution in [1.82, 2.24) is 0 Å². The second-order valence-corrected chi connectivity index (χ2v) is 4.63. The van der Waals surface area contributed by atoms with Crippen molar-refractivity contribution in [3.8, 4) is 0 Å². The number of furan rings is 1. The van der Waals surface area contributed by atoms with Gasteiger partial charge in [0.2, 0.25) is 0 Å². The Morgan fingerprint density at radius 1 is 1.23 bits per heavy atom. The van der Waals surface area contributed by atoms with E-state index in [4.69, 9.17) is 9.15 Å². The Balaban J connectivity index is 2.12. The quantitative estimate of drug-likeness (QED) is 0.501. The van der Waals surface area contributed by atoms with Crippen molar-refractivity contribution in [2.75, 3.05) is 18.5 Å². The first-order valence-corrected chi connectivity index (χ1v) is 7.37.